The van der Waals surface area contributed by atoms with Crippen molar-refractivity contribution in [1.82, 2.24) is 9.80 Å². The number of hydrogen-bond donors (Lipinski definition) is 0. The summed E-state index contributed by atoms with van der Waals surface area (Å²) in [6.45, 7) is 5.53. The highest BCUT2D eigenvalue weighted by molar-refractivity contribution is 5.94. The van der Waals surface area contributed by atoms with Crippen molar-refractivity contribution < 1.29 is 18.7 Å². The molecule has 24 heavy (non-hydrogen) atoms. The van der Waals surface area contributed by atoms with Crippen molar-refractivity contribution in [2.75, 3.05) is 40.4 Å². The molecule has 0 unspecified atom stereocenters. The Balaban J connectivity index is 1.83. The van der Waals surface area contributed by atoms with Crippen LogP contribution in [-0.4, -0.2) is 68.3 Å². The van der Waals surface area contributed by atoms with Gasteiger partial charge in [-0.3, -0.25) is 4.79 Å². The van der Waals surface area contributed by atoms with Gasteiger partial charge in [0.15, 0.2) is 11.6 Å². The molecule has 2 fully saturated rings. The van der Waals surface area contributed by atoms with Crippen molar-refractivity contribution in [2.45, 2.75) is 25.5 Å². The first-order valence-corrected chi connectivity index (χ1v) is 8.48. The van der Waals surface area contributed by atoms with Crippen molar-refractivity contribution in [1.29, 1.82) is 0 Å². The summed E-state index contributed by atoms with van der Waals surface area (Å²) in [6.07, 6.45) is 1.00. The molecule has 0 N–H and O–H groups in total. The lowest BCUT2D eigenvalue weighted by molar-refractivity contribution is -0.0156. The quantitative estimate of drug-likeness (QED) is 0.844. The summed E-state index contributed by atoms with van der Waals surface area (Å²) in [7, 11) is 3.16. The normalized spacial score (nSPS) is 27.2. The Morgan fingerprint density at radius 2 is 2.12 bits per heavy atom. The highest BCUT2D eigenvalue weighted by Crippen LogP contribution is 2.33. The number of nitrogens with zero attached hydrogens (tertiary/aromatic N) is 2. The van der Waals surface area contributed by atoms with Crippen LogP contribution >= 0.6 is 0 Å². The predicted molar refractivity (Wildman–Crippen MR) is 88.8 cm³/mol. The van der Waals surface area contributed by atoms with Crippen LogP contribution in [0, 0.1) is 11.7 Å². The van der Waals surface area contributed by atoms with E-state index in [9.17, 15) is 9.18 Å². The number of rotatable bonds is 4. The number of likely N-dealkylation sites (tertiary alicyclic amines) is 2. The van der Waals surface area contributed by atoms with Crippen molar-refractivity contribution >= 4 is 5.91 Å². The number of halogens is 1. The van der Waals surface area contributed by atoms with Crippen LogP contribution in [0.15, 0.2) is 18.2 Å². The monoisotopic (exact) mass is 336 g/mol. The molecule has 1 aromatic carbocycles. The van der Waals surface area contributed by atoms with Crippen molar-refractivity contribution in [3.8, 4) is 5.75 Å². The molecule has 6 heteroatoms. The first-order valence-electron chi connectivity index (χ1n) is 8.48. The molecule has 5 nitrogen and oxygen atoms in total. The smallest absolute Gasteiger partial charge is 0.254 e. The molecule has 0 radical (unpaired) electrons. The second kappa shape index (κ2) is 7.07. The highest BCUT2D eigenvalue weighted by Gasteiger charge is 2.45. The molecular weight excluding hydrogens is 311 g/mol. The largest absolute Gasteiger partial charge is 0.494 e. The second-order valence-electron chi connectivity index (χ2n) is 6.49. The minimum Gasteiger partial charge on any atom is -0.494 e. The Hall–Kier alpha value is -1.66. The SMILES string of the molecule is CCN1C[C@H]2[C@@H](OC)CCN(C(=O)c3ccc(OC)c(F)c3)[C@H]2C1. The Kier molecular flexibility index (Phi) is 5.06. The average molecular weight is 336 g/mol. The van der Waals surface area contributed by atoms with E-state index in [4.69, 9.17) is 9.47 Å². The number of benzene rings is 1. The fourth-order valence-corrected chi connectivity index (χ4v) is 4.00. The van der Waals surface area contributed by atoms with Gasteiger partial charge in [-0.05, 0) is 31.2 Å². The Morgan fingerprint density at radius 1 is 1.33 bits per heavy atom. The third kappa shape index (κ3) is 3.00. The number of amides is 1. The van der Waals surface area contributed by atoms with E-state index in [0.29, 0.717) is 18.0 Å². The molecule has 3 rings (SSSR count). The second-order valence-corrected chi connectivity index (χ2v) is 6.49. The van der Waals surface area contributed by atoms with E-state index in [-0.39, 0.29) is 23.8 Å². The van der Waals surface area contributed by atoms with Gasteiger partial charge in [0.2, 0.25) is 0 Å². The van der Waals surface area contributed by atoms with Gasteiger partial charge in [-0.15, -0.1) is 0 Å². The van der Waals surface area contributed by atoms with Crippen molar-refractivity contribution in [3.05, 3.63) is 29.6 Å². The Labute approximate surface area is 142 Å². The van der Waals surface area contributed by atoms with Gasteiger partial charge in [0.05, 0.1) is 19.3 Å². The van der Waals surface area contributed by atoms with Crippen LogP contribution in [0.25, 0.3) is 0 Å². The van der Waals surface area contributed by atoms with Gasteiger partial charge in [-0.25, -0.2) is 4.39 Å². The lowest BCUT2D eigenvalue weighted by atomic mass is 9.88. The van der Waals surface area contributed by atoms with Crippen LogP contribution in [0.3, 0.4) is 0 Å². The van der Waals surface area contributed by atoms with Crippen molar-refractivity contribution in [3.63, 3.8) is 0 Å². The zero-order valence-electron chi connectivity index (χ0n) is 14.5. The zero-order chi connectivity index (χ0) is 17.3. The van der Waals surface area contributed by atoms with Crippen LogP contribution in [0.5, 0.6) is 5.75 Å². The van der Waals surface area contributed by atoms with Gasteiger partial charge in [0, 0.05) is 38.2 Å². The third-order valence-electron chi connectivity index (χ3n) is 5.35. The highest BCUT2D eigenvalue weighted by atomic mass is 19.1. The number of carbonyl (C=O) groups excluding carboxylic acids is 1. The first kappa shape index (κ1) is 17.2. The van der Waals surface area contributed by atoms with Crippen LogP contribution in [0.4, 0.5) is 4.39 Å². The van der Waals surface area contributed by atoms with Gasteiger partial charge in [-0.1, -0.05) is 6.92 Å². The van der Waals surface area contributed by atoms with Gasteiger partial charge in [-0.2, -0.15) is 0 Å². The molecule has 0 aromatic heterocycles. The molecule has 1 amide bonds. The number of ether oxygens (including phenoxy) is 2. The fourth-order valence-electron chi connectivity index (χ4n) is 4.00. The van der Waals surface area contributed by atoms with Gasteiger partial charge in [0.1, 0.15) is 0 Å². The number of likely N-dealkylation sites (N-methyl/N-ethyl adjacent to an activating group) is 1. The fraction of sp³-hybridized carbons (Fsp3) is 0.611. The third-order valence-corrected chi connectivity index (χ3v) is 5.35. The molecule has 0 bridgehead atoms. The summed E-state index contributed by atoms with van der Waals surface area (Å²) in [5.41, 5.74) is 0.373. The maximum absolute atomic E-state index is 14.0. The molecule has 0 saturated carbocycles. The predicted octanol–water partition coefficient (Wildman–Crippen LogP) is 2.02. The summed E-state index contributed by atoms with van der Waals surface area (Å²) in [4.78, 5) is 17.2. The minimum atomic E-state index is -0.506. The molecule has 132 valence electrons. The molecule has 1 aromatic rings. The lowest BCUT2D eigenvalue weighted by Crippen LogP contribution is -2.53. The summed E-state index contributed by atoms with van der Waals surface area (Å²) >= 11 is 0. The van der Waals surface area contributed by atoms with Crippen molar-refractivity contribution in [2.24, 2.45) is 5.92 Å². The summed E-state index contributed by atoms with van der Waals surface area (Å²) in [5.74, 6) is -0.149. The summed E-state index contributed by atoms with van der Waals surface area (Å²) in [5, 5.41) is 0. The van der Waals surface area contributed by atoms with Crippen LogP contribution < -0.4 is 4.74 Å². The standard InChI is InChI=1S/C18H25FN2O3/c1-4-20-10-13-15(11-20)21(8-7-16(13)23-2)18(22)12-5-6-17(24-3)14(19)9-12/h5-6,9,13,15-16H,4,7-8,10-11H2,1-3H3/t13-,15+,16+/m1/s1. The summed E-state index contributed by atoms with van der Waals surface area (Å²) in [6, 6.07) is 4.54. The van der Waals surface area contributed by atoms with Crippen LogP contribution in [-0.2, 0) is 4.74 Å². The van der Waals surface area contributed by atoms with E-state index in [2.05, 4.69) is 11.8 Å². The summed E-state index contributed by atoms with van der Waals surface area (Å²) < 4.78 is 24.5. The van der Waals surface area contributed by atoms with E-state index in [1.165, 1.54) is 19.2 Å². The number of piperidine rings is 1. The molecule has 2 aliphatic rings. The lowest BCUT2D eigenvalue weighted by Gasteiger charge is -2.41. The van der Waals surface area contributed by atoms with E-state index in [1.54, 1.807) is 13.2 Å². The Morgan fingerprint density at radius 3 is 2.75 bits per heavy atom. The van der Waals surface area contributed by atoms with Crippen LogP contribution in [0.2, 0.25) is 0 Å². The molecule has 0 aliphatic carbocycles. The number of fused-ring (bicyclic) bond motifs is 1. The van der Waals surface area contributed by atoms with Crippen LogP contribution in [0.1, 0.15) is 23.7 Å². The molecule has 0 spiro atoms. The first-order chi connectivity index (χ1) is 11.6. The molecule has 3 atom stereocenters. The molecule has 2 saturated heterocycles. The van der Waals surface area contributed by atoms with E-state index in [0.717, 1.165) is 26.1 Å². The van der Waals surface area contributed by atoms with E-state index >= 15 is 0 Å². The maximum atomic E-state index is 14.0. The number of hydrogen-bond acceptors (Lipinski definition) is 4. The number of carbonyl (C=O) groups is 1. The minimum absolute atomic E-state index is 0.112. The topological polar surface area (TPSA) is 42.0 Å². The number of methoxy groups -OCH3 is 2. The van der Waals surface area contributed by atoms with Gasteiger partial charge >= 0.3 is 0 Å². The molecule has 2 heterocycles. The molecule has 2 aliphatic heterocycles. The van der Waals surface area contributed by atoms with Gasteiger partial charge < -0.3 is 19.3 Å². The maximum Gasteiger partial charge on any atom is 0.254 e. The zero-order valence-corrected chi connectivity index (χ0v) is 14.5. The van der Waals surface area contributed by atoms with E-state index in [1.807, 2.05) is 4.90 Å². The molecular formula is C18H25FN2O3. The Bertz CT molecular complexity index is 610. The average Bonchev–Trinajstić information content (AvgIpc) is 3.04. The van der Waals surface area contributed by atoms with Gasteiger partial charge in [0.25, 0.3) is 5.91 Å². The van der Waals surface area contributed by atoms with E-state index < -0.39 is 5.82 Å².